The maximum atomic E-state index is 12.8. The second-order valence-electron chi connectivity index (χ2n) is 6.09. The maximum absolute atomic E-state index is 12.8. The van der Waals surface area contributed by atoms with Gasteiger partial charge in [-0.15, -0.1) is 12.8 Å². The number of hydrogen-bond donors (Lipinski definition) is 2. The number of benzene rings is 1. The van der Waals surface area contributed by atoms with Gasteiger partial charge in [0.1, 0.15) is 6.10 Å². The number of allylic oxidation sites excluding steroid dienone is 2. The first-order chi connectivity index (χ1) is 13.9. The van der Waals surface area contributed by atoms with E-state index in [1.165, 1.54) is 13.1 Å². The summed E-state index contributed by atoms with van der Waals surface area (Å²) in [6.07, 6.45) is 9.03. The molecule has 6 nitrogen and oxygen atoms in total. The Hall–Kier alpha value is -3.14. The molecule has 1 aliphatic carbocycles. The van der Waals surface area contributed by atoms with E-state index in [1.54, 1.807) is 19.1 Å². The van der Waals surface area contributed by atoms with Crippen molar-refractivity contribution in [3.05, 3.63) is 65.0 Å². The van der Waals surface area contributed by atoms with Gasteiger partial charge in [-0.2, -0.15) is 5.06 Å². The first kappa shape index (κ1) is 23.9. The molecule has 1 aliphatic heterocycles. The van der Waals surface area contributed by atoms with Gasteiger partial charge >= 0.3 is 0 Å². The SMILES string of the molecule is C#C.C=C1C2=C(C=C(C(=O)NCCN(C)O)OC2C)C(=O)c2ccccc21.CC. The van der Waals surface area contributed by atoms with Gasteiger partial charge < -0.3 is 15.3 Å². The van der Waals surface area contributed by atoms with E-state index in [9.17, 15) is 9.59 Å². The average Bonchev–Trinajstić information content (AvgIpc) is 2.74. The number of terminal acetylenes is 1. The summed E-state index contributed by atoms with van der Waals surface area (Å²) < 4.78 is 5.71. The molecule has 1 atom stereocenters. The van der Waals surface area contributed by atoms with Crippen LogP contribution in [0.25, 0.3) is 5.57 Å². The van der Waals surface area contributed by atoms with Gasteiger partial charge in [0.25, 0.3) is 5.91 Å². The highest BCUT2D eigenvalue weighted by Crippen LogP contribution is 2.40. The molecule has 1 unspecified atom stereocenters. The lowest BCUT2D eigenvalue weighted by molar-refractivity contribution is -0.122. The van der Waals surface area contributed by atoms with Crippen LogP contribution < -0.4 is 5.32 Å². The quantitative estimate of drug-likeness (QED) is 0.604. The number of rotatable bonds is 4. The Morgan fingerprint density at radius 3 is 2.45 bits per heavy atom. The van der Waals surface area contributed by atoms with Gasteiger partial charge in [-0.3, -0.25) is 9.59 Å². The monoisotopic (exact) mass is 396 g/mol. The highest BCUT2D eigenvalue weighted by atomic mass is 16.5. The van der Waals surface area contributed by atoms with E-state index in [0.717, 1.165) is 21.8 Å². The molecule has 1 aromatic rings. The van der Waals surface area contributed by atoms with Crippen molar-refractivity contribution in [1.82, 2.24) is 10.4 Å². The first-order valence-electron chi connectivity index (χ1n) is 9.37. The molecule has 0 saturated heterocycles. The van der Waals surface area contributed by atoms with Crippen LogP contribution in [0.4, 0.5) is 0 Å². The second-order valence-corrected chi connectivity index (χ2v) is 6.09. The molecule has 3 rings (SSSR count). The largest absolute Gasteiger partial charge is 0.480 e. The Balaban J connectivity index is 0.000000989. The van der Waals surface area contributed by atoms with Crippen LogP contribution in [0.3, 0.4) is 0 Å². The number of ether oxygens (including phenoxy) is 1. The number of amides is 1. The molecule has 0 fully saturated rings. The zero-order valence-corrected chi connectivity index (χ0v) is 17.4. The molecule has 6 heteroatoms. The molecule has 2 aliphatic rings. The summed E-state index contributed by atoms with van der Waals surface area (Å²) in [6, 6.07) is 7.30. The summed E-state index contributed by atoms with van der Waals surface area (Å²) >= 11 is 0. The Morgan fingerprint density at radius 2 is 1.86 bits per heavy atom. The zero-order chi connectivity index (χ0) is 22.1. The number of likely N-dealkylation sites (N-methyl/N-ethyl adjacent to an activating group) is 1. The van der Waals surface area contributed by atoms with Gasteiger partial charge in [0.05, 0.1) is 0 Å². The Labute approximate surface area is 172 Å². The van der Waals surface area contributed by atoms with Crippen LogP contribution in [-0.2, 0) is 9.53 Å². The predicted octanol–water partition coefficient (Wildman–Crippen LogP) is 3.21. The summed E-state index contributed by atoms with van der Waals surface area (Å²) in [5.74, 6) is -0.460. The number of ketones is 1. The molecule has 0 aromatic heterocycles. The molecule has 1 aromatic carbocycles. The normalized spacial score (nSPS) is 16.8. The van der Waals surface area contributed by atoms with Crippen LogP contribution in [-0.4, -0.2) is 48.2 Å². The van der Waals surface area contributed by atoms with Crippen LogP contribution in [0.5, 0.6) is 0 Å². The second kappa shape index (κ2) is 11.0. The number of fused-ring (bicyclic) bond motifs is 1. The van der Waals surface area contributed by atoms with E-state index in [1.807, 2.05) is 26.0 Å². The molecule has 0 bridgehead atoms. The van der Waals surface area contributed by atoms with Crippen LogP contribution in [0, 0.1) is 12.8 Å². The Morgan fingerprint density at radius 1 is 1.28 bits per heavy atom. The molecule has 0 radical (unpaired) electrons. The summed E-state index contributed by atoms with van der Waals surface area (Å²) in [4.78, 5) is 25.1. The van der Waals surface area contributed by atoms with E-state index >= 15 is 0 Å². The lowest BCUT2D eigenvalue weighted by Gasteiger charge is -2.31. The van der Waals surface area contributed by atoms with Gasteiger partial charge in [-0.25, -0.2) is 0 Å². The lowest BCUT2D eigenvalue weighted by atomic mass is 9.79. The third-order valence-corrected chi connectivity index (χ3v) is 4.29. The maximum Gasteiger partial charge on any atom is 0.286 e. The molecule has 29 heavy (non-hydrogen) atoms. The van der Waals surface area contributed by atoms with Crippen LogP contribution >= 0.6 is 0 Å². The molecule has 0 saturated carbocycles. The van der Waals surface area contributed by atoms with Gasteiger partial charge in [0.15, 0.2) is 11.5 Å². The van der Waals surface area contributed by atoms with E-state index < -0.39 is 12.0 Å². The fourth-order valence-electron chi connectivity index (χ4n) is 3.08. The van der Waals surface area contributed by atoms with Gasteiger partial charge in [0, 0.05) is 36.8 Å². The van der Waals surface area contributed by atoms with Crippen LogP contribution in [0.1, 0.15) is 36.7 Å². The Kier molecular flexibility index (Phi) is 9.07. The van der Waals surface area contributed by atoms with Crippen molar-refractivity contribution in [3.8, 4) is 12.8 Å². The summed E-state index contributed by atoms with van der Waals surface area (Å²) in [5, 5.41) is 12.7. The van der Waals surface area contributed by atoms with Gasteiger partial charge in [-0.1, -0.05) is 44.7 Å². The third kappa shape index (κ3) is 5.23. The molecule has 1 heterocycles. The number of nitrogens with zero attached hydrogens (tertiary/aromatic N) is 1. The number of Topliss-reactive ketones (excluding diaryl/α,β-unsaturated/α-hetero) is 1. The highest BCUT2D eigenvalue weighted by Gasteiger charge is 2.35. The minimum absolute atomic E-state index is 0.0902. The standard InChI is InChI=1S/C19H20N2O4.C2H6.C2H2/c1-11-13-6-4-5-7-14(13)18(22)15-10-16(25-12(2)17(11)15)19(23)20-8-9-21(3)24;2*1-2/h4-7,10,12,24H,1,8-9H2,2-3H3,(H,20,23);1-2H3;1-2H. The number of hydrogen-bond acceptors (Lipinski definition) is 5. The van der Waals surface area contributed by atoms with E-state index in [0.29, 0.717) is 11.1 Å². The number of nitrogens with one attached hydrogen (secondary N) is 1. The molecule has 0 spiro atoms. The van der Waals surface area contributed by atoms with Gasteiger partial charge in [-0.05, 0) is 24.1 Å². The van der Waals surface area contributed by atoms with Crippen LogP contribution in [0.15, 0.2) is 53.8 Å². The van der Waals surface area contributed by atoms with Crippen molar-refractivity contribution >= 4 is 17.3 Å². The Bertz CT molecular complexity index is 863. The van der Waals surface area contributed by atoms with Crippen molar-refractivity contribution in [3.63, 3.8) is 0 Å². The fraction of sp³-hybridized carbons (Fsp3) is 0.304. The van der Waals surface area contributed by atoms with Crippen LogP contribution in [0.2, 0.25) is 0 Å². The smallest absolute Gasteiger partial charge is 0.286 e. The van der Waals surface area contributed by atoms with E-state index in [-0.39, 0.29) is 24.6 Å². The van der Waals surface area contributed by atoms with Crippen molar-refractivity contribution in [2.24, 2.45) is 0 Å². The minimum Gasteiger partial charge on any atom is -0.480 e. The zero-order valence-electron chi connectivity index (χ0n) is 17.4. The first-order valence-corrected chi connectivity index (χ1v) is 9.37. The average molecular weight is 396 g/mol. The summed E-state index contributed by atoms with van der Waals surface area (Å²) in [5.41, 5.74) is 3.30. The summed E-state index contributed by atoms with van der Waals surface area (Å²) in [6.45, 7) is 10.4. The summed E-state index contributed by atoms with van der Waals surface area (Å²) in [7, 11) is 1.49. The fourth-order valence-corrected chi connectivity index (χ4v) is 3.08. The predicted molar refractivity (Wildman–Crippen MR) is 114 cm³/mol. The van der Waals surface area contributed by atoms with Crippen molar-refractivity contribution in [2.45, 2.75) is 26.9 Å². The number of hydroxylamine groups is 2. The molecular weight excluding hydrogens is 368 g/mol. The van der Waals surface area contributed by atoms with Crippen molar-refractivity contribution in [1.29, 1.82) is 0 Å². The molecule has 2 N–H and O–H groups in total. The molecule has 154 valence electrons. The number of carbonyl (C=O) groups is 2. The van der Waals surface area contributed by atoms with E-state index in [2.05, 4.69) is 24.7 Å². The minimum atomic E-state index is -0.453. The third-order valence-electron chi connectivity index (χ3n) is 4.29. The van der Waals surface area contributed by atoms with Gasteiger partial charge in [0.2, 0.25) is 0 Å². The van der Waals surface area contributed by atoms with Crippen molar-refractivity contribution < 1.29 is 19.5 Å². The molecular formula is C23H28N2O4. The topological polar surface area (TPSA) is 78.9 Å². The number of carbonyl (C=O) groups excluding carboxylic acids is 2. The molecule has 1 amide bonds. The van der Waals surface area contributed by atoms with Crippen molar-refractivity contribution in [2.75, 3.05) is 20.1 Å². The lowest BCUT2D eigenvalue weighted by Crippen LogP contribution is -2.36. The van der Waals surface area contributed by atoms with E-state index in [4.69, 9.17) is 9.94 Å². The highest BCUT2D eigenvalue weighted by molar-refractivity contribution is 6.19.